The smallest absolute Gasteiger partial charge is 0.487 e. The van der Waals surface area contributed by atoms with Crippen LogP contribution >= 0.6 is 0 Å². The zero-order valence-corrected chi connectivity index (χ0v) is 9.89. The van der Waals surface area contributed by atoms with Gasteiger partial charge in [0.25, 0.3) is 6.47 Å². The second-order valence-electron chi connectivity index (χ2n) is 3.77. The SMILES string of the molecule is FC(F)(F)Oc1ccccc1OC1CCC1.O=CO. The second kappa shape index (κ2) is 6.86. The van der Waals surface area contributed by atoms with E-state index in [1.807, 2.05) is 0 Å². The minimum absolute atomic E-state index is 0.0259. The van der Waals surface area contributed by atoms with E-state index >= 15 is 0 Å². The van der Waals surface area contributed by atoms with Crippen molar-refractivity contribution in [2.24, 2.45) is 0 Å². The van der Waals surface area contributed by atoms with Gasteiger partial charge in [-0.25, -0.2) is 0 Å². The number of hydrogen-bond acceptors (Lipinski definition) is 3. The summed E-state index contributed by atoms with van der Waals surface area (Å²) in [5.74, 6) is -0.119. The van der Waals surface area contributed by atoms with Gasteiger partial charge < -0.3 is 14.6 Å². The zero-order chi connectivity index (χ0) is 14.3. The molecule has 0 amide bonds. The summed E-state index contributed by atoms with van der Waals surface area (Å²) in [4.78, 5) is 8.36. The molecule has 0 aliphatic heterocycles. The van der Waals surface area contributed by atoms with Gasteiger partial charge in [-0.15, -0.1) is 13.2 Å². The highest BCUT2D eigenvalue weighted by Crippen LogP contribution is 2.35. The molecule has 0 unspecified atom stereocenters. The van der Waals surface area contributed by atoms with Crippen LogP contribution in [0.3, 0.4) is 0 Å². The maximum Gasteiger partial charge on any atom is 0.573 e. The summed E-state index contributed by atoms with van der Waals surface area (Å²) in [5, 5.41) is 6.89. The largest absolute Gasteiger partial charge is 0.573 e. The summed E-state index contributed by atoms with van der Waals surface area (Å²) in [5.41, 5.74) is 0. The van der Waals surface area contributed by atoms with Crippen molar-refractivity contribution in [3.05, 3.63) is 24.3 Å². The molecule has 0 heterocycles. The molecule has 4 nitrogen and oxygen atoms in total. The van der Waals surface area contributed by atoms with Gasteiger partial charge in [0.1, 0.15) is 0 Å². The Balaban J connectivity index is 0.000000550. The van der Waals surface area contributed by atoms with E-state index in [2.05, 4.69) is 4.74 Å². The van der Waals surface area contributed by atoms with E-state index in [9.17, 15) is 13.2 Å². The van der Waals surface area contributed by atoms with Crippen molar-refractivity contribution in [1.82, 2.24) is 0 Å². The standard InChI is InChI=1S/C11H11F3O2.CH2O2/c12-11(13,14)16-10-7-2-1-6-9(10)15-8-4-3-5-8;2-1-3/h1-2,6-8H,3-5H2;1H,(H,2,3). The maximum absolute atomic E-state index is 12.1. The fourth-order valence-corrected chi connectivity index (χ4v) is 1.42. The van der Waals surface area contributed by atoms with Crippen LogP contribution in [0.5, 0.6) is 11.5 Å². The number of benzene rings is 1. The highest BCUT2D eigenvalue weighted by atomic mass is 19.4. The van der Waals surface area contributed by atoms with Crippen molar-refractivity contribution in [3.63, 3.8) is 0 Å². The first-order valence-electron chi connectivity index (χ1n) is 5.55. The molecule has 0 atom stereocenters. The quantitative estimate of drug-likeness (QED) is 0.862. The molecule has 19 heavy (non-hydrogen) atoms. The molecule has 1 N–H and O–H groups in total. The Bertz CT molecular complexity index is 402. The van der Waals surface area contributed by atoms with Gasteiger partial charge in [0.05, 0.1) is 6.10 Å². The molecular formula is C12H13F3O4. The van der Waals surface area contributed by atoms with Crippen molar-refractivity contribution < 1.29 is 32.5 Å². The lowest BCUT2D eigenvalue weighted by molar-refractivity contribution is -0.275. The minimum atomic E-state index is -4.68. The fourth-order valence-electron chi connectivity index (χ4n) is 1.42. The van der Waals surface area contributed by atoms with Gasteiger partial charge in [0, 0.05) is 0 Å². The average Bonchev–Trinajstić information content (AvgIpc) is 2.24. The van der Waals surface area contributed by atoms with Crippen LogP contribution in [0.15, 0.2) is 24.3 Å². The Morgan fingerprint density at radius 2 is 1.74 bits per heavy atom. The van der Waals surface area contributed by atoms with Gasteiger partial charge in [0.2, 0.25) is 0 Å². The average molecular weight is 278 g/mol. The zero-order valence-electron chi connectivity index (χ0n) is 9.89. The summed E-state index contributed by atoms with van der Waals surface area (Å²) in [6, 6.07) is 5.84. The van der Waals surface area contributed by atoms with Gasteiger partial charge in [-0.2, -0.15) is 0 Å². The lowest BCUT2D eigenvalue weighted by Crippen LogP contribution is -2.25. The molecule has 1 fully saturated rings. The molecule has 1 aliphatic carbocycles. The van der Waals surface area contributed by atoms with E-state index in [-0.39, 0.29) is 24.1 Å². The van der Waals surface area contributed by atoms with Crippen molar-refractivity contribution in [1.29, 1.82) is 0 Å². The second-order valence-corrected chi connectivity index (χ2v) is 3.77. The molecule has 0 aromatic heterocycles. The van der Waals surface area contributed by atoms with Crippen LogP contribution in [0.2, 0.25) is 0 Å². The van der Waals surface area contributed by atoms with E-state index in [1.165, 1.54) is 18.2 Å². The number of hydrogen-bond donors (Lipinski definition) is 1. The van der Waals surface area contributed by atoms with Crippen LogP contribution in [-0.2, 0) is 4.79 Å². The van der Waals surface area contributed by atoms with Gasteiger partial charge in [-0.3, -0.25) is 4.79 Å². The van der Waals surface area contributed by atoms with Crippen LogP contribution in [0.1, 0.15) is 19.3 Å². The molecule has 0 radical (unpaired) electrons. The minimum Gasteiger partial charge on any atom is -0.487 e. The predicted molar refractivity (Wildman–Crippen MR) is 60.1 cm³/mol. The Kier molecular flexibility index (Phi) is 5.47. The van der Waals surface area contributed by atoms with Crippen molar-refractivity contribution in [3.8, 4) is 11.5 Å². The van der Waals surface area contributed by atoms with E-state index in [0.717, 1.165) is 19.3 Å². The lowest BCUT2D eigenvalue weighted by atomic mass is 9.96. The van der Waals surface area contributed by atoms with Crippen molar-refractivity contribution >= 4 is 6.47 Å². The molecule has 7 heteroatoms. The van der Waals surface area contributed by atoms with Crippen molar-refractivity contribution in [2.45, 2.75) is 31.7 Å². The number of carboxylic acid groups (broad SMARTS) is 1. The molecular weight excluding hydrogens is 265 g/mol. The lowest BCUT2D eigenvalue weighted by Gasteiger charge is -2.27. The van der Waals surface area contributed by atoms with Crippen molar-refractivity contribution in [2.75, 3.05) is 0 Å². The van der Waals surface area contributed by atoms with Crippen LogP contribution < -0.4 is 9.47 Å². The Morgan fingerprint density at radius 3 is 2.16 bits per heavy atom. The number of ether oxygens (including phenoxy) is 2. The molecule has 1 saturated carbocycles. The molecule has 2 rings (SSSR count). The topological polar surface area (TPSA) is 55.8 Å². The van der Waals surface area contributed by atoms with E-state index < -0.39 is 6.36 Å². The summed E-state index contributed by atoms with van der Waals surface area (Å²) in [6.07, 6.45) is -1.81. The summed E-state index contributed by atoms with van der Waals surface area (Å²) >= 11 is 0. The normalized spacial score (nSPS) is 14.7. The predicted octanol–water partition coefficient (Wildman–Crippen LogP) is 3.22. The molecule has 0 spiro atoms. The molecule has 0 saturated heterocycles. The molecule has 106 valence electrons. The number of halogens is 3. The van der Waals surface area contributed by atoms with Crippen LogP contribution in [-0.4, -0.2) is 24.0 Å². The van der Waals surface area contributed by atoms with E-state index in [1.54, 1.807) is 6.07 Å². The summed E-state index contributed by atoms with van der Waals surface area (Å²) < 4.78 is 45.5. The Hall–Kier alpha value is -1.92. The molecule has 0 bridgehead atoms. The van der Waals surface area contributed by atoms with Gasteiger partial charge in [-0.05, 0) is 31.4 Å². The first-order chi connectivity index (χ1) is 8.96. The highest BCUT2D eigenvalue weighted by molar-refractivity contribution is 5.39. The monoisotopic (exact) mass is 278 g/mol. The van der Waals surface area contributed by atoms with E-state index in [4.69, 9.17) is 14.6 Å². The fraction of sp³-hybridized carbons (Fsp3) is 0.417. The Labute approximate surface area is 107 Å². The molecule has 1 aromatic carbocycles. The third kappa shape index (κ3) is 5.50. The number of carbonyl (C=O) groups is 1. The highest BCUT2D eigenvalue weighted by Gasteiger charge is 2.33. The Morgan fingerprint density at radius 1 is 1.21 bits per heavy atom. The maximum atomic E-state index is 12.1. The van der Waals surface area contributed by atoms with Gasteiger partial charge in [-0.1, -0.05) is 12.1 Å². The summed E-state index contributed by atoms with van der Waals surface area (Å²) in [7, 11) is 0. The van der Waals surface area contributed by atoms with E-state index in [0.29, 0.717) is 0 Å². The number of para-hydroxylation sites is 2. The van der Waals surface area contributed by atoms with Gasteiger partial charge in [0.15, 0.2) is 11.5 Å². The number of alkyl halides is 3. The number of rotatable bonds is 3. The molecule has 1 aromatic rings. The summed E-state index contributed by atoms with van der Waals surface area (Å²) in [6.45, 7) is -0.250. The first kappa shape index (κ1) is 15.1. The van der Waals surface area contributed by atoms with Gasteiger partial charge >= 0.3 is 6.36 Å². The van der Waals surface area contributed by atoms with Crippen LogP contribution in [0.4, 0.5) is 13.2 Å². The third-order valence-corrected chi connectivity index (χ3v) is 2.42. The first-order valence-corrected chi connectivity index (χ1v) is 5.55. The van der Waals surface area contributed by atoms with Crippen LogP contribution in [0, 0.1) is 0 Å². The third-order valence-electron chi connectivity index (χ3n) is 2.42. The molecule has 1 aliphatic rings. The van der Waals surface area contributed by atoms with Crippen LogP contribution in [0.25, 0.3) is 0 Å².